The molecule has 0 N–H and O–H groups in total. The molecule has 4 aromatic rings. The molecule has 0 bridgehead atoms. The second-order valence-corrected chi connectivity index (χ2v) is 6.93. The Labute approximate surface area is 164 Å². The average molecular weight is 393 g/mol. The lowest BCUT2D eigenvalue weighted by Gasteiger charge is -2.11. The highest BCUT2D eigenvalue weighted by Gasteiger charge is 2.18. The number of aryl methyl sites for hydroxylation is 1. The van der Waals surface area contributed by atoms with E-state index in [1.807, 2.05) is 36.6 Å². The smallest absolute Gasteiger partial charge is 0.273 e. The summed E-state index contributed by atoms with van der Waals surface area (Å²) in [6.45, 7) is 2.03. The monoisotopic (exact) mass is 393 g/mol. The first kappa shape index (κ1) is 17.9. The van der Waals surface area contributed by atoms with Crippen molar-refractivity contribution >= 4 is 27.2 Å². The fourth-order valence-corrected chi connectivity index (χ4v) is 3.74. The van der Waals surface area contributed by atoms with Gasteiger partial charge >= 0.3 is 0 Å². The topological polar surface area (TPSA) is 87.4 Å². The van der Waals surface area contributed by atoms with Gasteiger partial charge in [0, 0.05) is 17.0 Å². The normalized spacial score (nSPS) is 10.8. The van der Waals surface area contributed by atoms with Gasteiger partial charge in [-0.2, -0.15) is 0 Å². The summed E-state index contributed by atoms with van der Waals surface area (Å²) in [6, 6.07) is 12.3. The van der Waals surface area contributed by atoms with Gasteiger partial charge in [0.05, 0.1) is 23.5 Å². The lowest BCUT2D eigenvalue weighted by atomic mass is 10.0. The molecule has 0 unspecified atom stereocenters. The number of non-ortho nitro benzene ring substituents is 1. The second kappa shape index (κ2) is 7.24. The molecule has 0 aliphatic heterocycles. The minimum atomic E-state index is -0.482. The number of nitro groups is 1. The minimum absolute atomic E-state index is 0.0924. The summed E-state index contributed by atoms with van der Waals surface area (Å²) in [5, 5.41) is 13.9. The molecule has 0 atom stereocenters. The van der Waals surface area contributed by atoms with Gasteiger partial charge in [0.25, 0.3) is 5.69 Å². The highest BCUT2D eigenvalue weighted by molar-refractivity contribution is 7.17. The summed E-state index contributed by atoms with van der Waals surface area (Å²) >= 11 is 1.49. The van der Waals surface area contributed by atoms with Gasteiger partial charge in [0.15, 0.2) is 11.5 Å². The first-order chi connectivity index (χ1) is 13.6. The predicted molar refractivity (Wildman–Crippen MR) is 107 cm³/mol. The van der Waals surface area contributed by atoms with Crippen molar-refractivity contribution in [3.63, 3.8) is 0 Å². The van der Waals surface area contributed by atoms with E-state index in [-0.39, 0.29) is 11.4 Å². The Bertz CT molecular complexity index is 1170. The van der Waals surface area contributed by atoms with E-state index in [1.54, 1.807) is 0 Å². The van der Waals surface area contributed by atoms with Crippen LogP contribution in [0.4, 0.5) is 5.69 Å². The van der Waals surface area contributed by atoms with Crippen LogP contribution < -0.4 is 9.47 Å². The van der Waals surface area contributed by atoms with Crippen molar-refractivity contribution in [1.82, 2.24) is 9.97 Å². The van der Waals surface area contributed by atoms with Crippen LogP contribution in [0.5, 0.6) is 17.4 Å². The van der Waals surface area contributed by atoms with E-state index in [0.717, 1.165) is 26.9 Å². The van der Waals surface area contributed by atoms with Crippen molar-refractivity contribution in [2.24, 2.45) is 0 Å². The van der Waals surface area contributed by atoms with Gasteiger partial charge in [-0.15, -0.1) is 11.3 Å². The van der Waals surface area contributed by atoms with Gasteiger partial charge < -0.3 is 9.47 Å². The summed E-state index contributed by atoms with van der Waals surface area (Å²) < 4.78 is 11.3. The van der Waals surface area contributed by atoms with Crippen molar-refractivity contribution in [2.75, 3.05) is 7.11 Å². The van der Waals surface area contributed by atoms with Crippen LogP contribution in [0.15, 0.2) is 54.2 Å². The number of fused-ring (bicyclic) bond motifs is 1. The highest BCUT2D eigenvalue weighted by Crippen LogP contribution is 2.41. The standard InChI is InChI=1S/C20H15N3O4S/c1-12-3-5-13(6-4-12)15-10-28-20-18(15)19(21-11-22-20)27-17-9-14(23(24)25)7-8-16(17)26-2/h3-11H,1-2H3. The van der Waals surface area contributed by atoms with Gasteiger partial charge in [0.2, 0.25) is 5.88 Å². The van der Waals surface area contributed by atoms with Crippen LogP contribution in [-0.2, 0) is 0 Å². The number of benzene rings is 2. The van der Waals surface area contributed by atoms with Crippen LogP contribution in [0.25, 0.3) is 21.3 Å². The van der Waals surface area contributed by atoms with E-state index in [1.165, 1.54) is 43.0 Å². The van der Waals surface area contributed by atoms with Gasteiger partial charge in [-0.25, -0.2) is 9.97 Å². The number of rotatable bonds is 5. The molecule has 0 saturated heterocycles. The Morgan fingerprint density at radius 2 is 1.86 bits per heavy atom. The molecule has 2 aromatic carbocycles. The van der Waals surface area contributed by atoms with Crippen LogP contribution >= 0.6 is 11.3 Å². The SMILES string of the molecule is COc1ccc([N+](=O)[O-])cc1Oc1ncnc2scc(-c3ccc(C)cc3)c12. The van der Waals surface area contributed by atoms with E-state index in [2.05, 4.69) is 9.97 Å². The lowest BCUT2D eigenvalue weighted by molar-refractivity contribution is -0.384. The third-order valence-electron chi connectivity index (χ3n) is 4.26. The molecule has 0 fully saturated rings. The van der Waals surface area contributed by atoms with Crippen molar-refractivity contribution < 1.29 is 14.4 Å². The molecule has 7 nitrogen and oxygen atoms in total. The van der Waals surface area contributed by atoms with Crippen molar-refractivity contribution in [1.29, 1.82) is 0 Å². The predicted octanol–water partition coefficient (Wildman–Crippen LogP) is 5.38. The molecule has 0 aliphatic rings. The van der Waals surface area contributed by atoms with Gasteiger partial charge in [-0.1, -0.05) is 29.8 Å². The van der Waals surface area contributed by atoms with Crippen LogP contribution in [0.2, 0.25) is 0 Å². The van der Waals surface area contributed by atoms with Crippen molar-refractivity contribution in [2.45, 2.75) is 6.92 Å². The fraction of sp³-hybridized carbons (Fsp3) is 0.100. The van der Waals surface area contributed by atoms with E-state index in [0.29, 0.717) is 11.6 Å². The van der Waals surface area contributed by atoms with Crippen LogP contribution in [0, 0.1) is 17.0 Å². The number of aromatic nitrogens is 2. The first-order valence-corrected chi connectivity index (χ1v) is 9.24. The molecule has 0 aliphatic carbocycles. The molecule has 4 rings (SSSR count). The lowest BCUT2D eigenvalue weighted by Crippen LogP contribution is -1.96. The average Bonchev–Trinajstić information content (AvgIpc) is 3.13. The molecular weight excluding hydrogens is 378 g/mol. The number of nitrogens with zero attached hydrogens (tertiary/aromatic N) is 3. The summed E-state index contributed by atoms with van der Waals surface area (Å²) in [5.74, 6) is 0.919. The Kier molecular flexibility index (Phi) is 4.62. The van der Waals surface area contributed by atoms with E-state index in [9.17, 15) is 10.1 Å². The first-order valence-electron chi connectivity index (χ1n) is 8.36. The van der Waals surface area contributed by atoms with Crippen LogP contribution in [-0.4, -0.2) is 22.0 Å². The van der Waals surface area contributed by atoms with E-state index >= 15 is 0 Å². The van der Waals surface area contributed by atoms with Gasteiger partial charge in [-0.05, 0) is 18.6 Å². The maximum absolute atomic E-state index is 11.1. The third-order valence-corrected chi connectivity index (χ3v) is 5.15. The molecule has 2 heterocycles. The maximum Gasteiger partial charge on any atom is 0.273 e. The molecule has 140 valence electrons. The zero-order chi connectivity index (χ0) is 19.7. The molecule has 0 saturated carbocycles. The maximum atomic E-state index is 11.1. The summed E-state index contributed by atoms with van der Waals surface area (Å²) in [4.78, 5) is 20.0. The van der Waals surface area contributed by atoms with E-state index in [4.69, 9.17) is 9.47 Å². The molecule has 2 aromatic heterocycles. The van der Waals surface area contributed by atoms with E-state index < -0.39 is 4.92 Å². The largest absolute Gasteiger partial charge is 0.493 e. The van der Waals surface area contributed by atoms with Gasteiger partial charge in [0.1, 0.15) is 11.2 Å². The van der Waals surface area contributed by atoms with Crippen LogP contribution in [0.3, 0.4) is 0 Å². The Morgan fingerprint density at radius 3 is 2.57 bits per heavy atom. The molecule has 0 spiro atoms. The number of ether oxygens (including phenoxy) is 2. The molecule has 0 amide bonds. The van der Waals surface area contributed by atoms with Gasteiger partial charge in [-0.3, -0.25) is 10.1 Å². The second-order valence-electron chi connectivity index (χ2n) is 6.07. The third kappa shape index (κ3) is 3.25. The highest BCUT2D eigenvalue weighted by atomic mass is 32.1. The quantitative estimate of drug-likeness (QED) is 0.334. The summed E-state index contributed by atoms with van der Waals surface area (Å²) in [5.41, 5.74) is 3.03. The molecule has 0 radical (unpaired) electrons. The molecule has 28 heavy (non-hydrogen) atoms. The number of methoxy groups -OCH3 is 1. The summed E-state index contributed by atoms with van der Waals surface area (Å²) in [7, 11) is 1.48. The number of hydrogen-bond donors (Lipinski definition) is 0. The molecular formula is C20H15N3O4S. The zero-order valence-electron chi connectivity index (χ0n) is 15.1. The molecule has 8 heteroatoms. The van der Waals surface area contributed by atoms with Crippen LogP contribution in [0.1, 0.15) is 5.56 Å². The number of hydrogen-bond acceptors (Lipinski definition) is 7. The number of thiophene rings is 1. The Hall–Kier alpha value is -3.52. The summed E-state index contributed by atoms with van der Waals surface area (Å²) in [6.07, 6.45) is 1.41. The fourth-order valence-electron chi connectivity index (χ4n) is 2.83. The number of nitro benzene ring substituents is 1. The van der Waals surface area contributed by atoms with Crippen molar-refractivity contribution in [3.8, 4) is 28.5 Å². The van der Waals surface area contributed by atoms with Crippen molar-refractivity contribution in [3.05, 3.63) is 69.8 Å². The zero-order valence-corrected chi connectivity index (χ0v) is 15.9. The Balaban J connectivity index is 1.84. The minimum Gasteiger partial charge on any atom is -0.493 e. The Morgan fingerprint density at radius 1 is 1.07 bits per heavy atom.